The smallest absolute Gasteiger partial charge is 0.416 e. The lowest BCUT2D eigenvalue weighted by atomic mass is 9.87. The molecule has 0 unspecified atom stereocenters. The van der Waals surface area contributed by atoms with Crippen molar-refractivity contribution in [1.82, 2.24) is 10.2 Å². The number of fused-ring (bicyclic) bond motifs is 2. The van der Waals surface area contributed by atoms with Gasteiger partial charge in [-0.05, 0) is 48.6 Å². The van der Waals surface area contributed by atoms with Crippen LogP contribution in [0, 0.1) is 0 Å². The van der Waals surface area contributed by atoms with Crippen molar-refractivity contribution in [3.8, 4) is 11.5 Å². The third-order valence-electron chi connectivity index (χ3n) is 6.69. The number of esters is 1. The van der Waals surface area contributed by atoms with Crippen molar-refractivity contribution in [2.75, 3.05) is 21.3 Å². The molecule has 192 valence electrons. The van der Waals surface area contributed by atoms with Gasteiger partial charge in [-0.2, -0.15) is 13.2 Å². The highest BCUT2D eigenvalue weighted by molar-refractivity contribution is 6.01. The highest BCUT2D eigenvalue weighted by Gasteiger charge is 2.47. The Labute approximate surface area is 206 Å². The number of alkyl halides is 3. The number of nitrogens with zero attached hydrogens (tertiary/aromatic N) is 1. The van der Waals surface area contributed by atoms with E-state index >= 15 is 0 Å². The Bertz CT molecular complexity index is 1180. The van der Waals surface area contributed by atoms with Crippen molar-refractivity contribution >= 4 is 17.6 Å². The average Bonchev–Trinajstić information content (AvgIpc) is 3.19. The van der Waals surface area contributed by atoms with Gasteiger partial charge in [-0.3, -0.25) is 0 Å². The number of nitrogens with one attached hydrogen (secondary N) is 1. The van der Waals surface area contributed by atoms with Crippen molar-refractivity contribution in [2.24, 2.45) is 0 Å². The lowest BCUT2D eigenvalue weighted by Crippen LogP contribution is -2.50. The van der Waals surface area contributed by atoms with Gasteiger partial charge < -0.3 is 24.4 Å². The number of rotatable bonds is 6. The molecule has 1 fully saturated rings. The minimum atomic E-state index is -4.42. The van der Waals surface area contributed by atoms with Crippen LogP contribution < -0.4 is 14.8 Å². The summed E-state index contributed by atoms with van der Waals surface area (Å²) >= 11 is 0. The maximum absolute atomic E-state index is 13.2. The molecule has 2 heterocycles. The van der Waals surface area contributed by atoms with Gasteiger partial charge in [0, 0.05) is 18.2 Å². The van der Waals surface area contributed by atoms with Gasteiger partial charge in [0.2, 0.25) is 0 Å². The monoisotopic (exact) mass is 504 g/mol. The maximum Gasteiger partial charge on any atom is 0.416 e. The van der Waals surface area contributed by atoms with Gasteiger partial charge in [0.1, 0.15) is 0 Å². The summed E-state index contributed by atoms with van der Waals surface area (Å²) < 4.78 is 54.5. The van der Waals surface area contributed by atoms with E-state index in [9.17, 15) is 22.8 Å². The van der Waals surface area contributed by atoms with E-state index in [-0.39, 0.29) is 18.6 Å². The molecular formula is C26H27F3N2O5. The lowest BCUT2D eigenvalue weighted by Gasteiger charge is -2.37. The van der Waals surface area contributed by atoms with Crippen LogP contribution in [0.25, 0.3) is 5.57 Å². The number of ether oxygens (including phenoxy) is 3. The first-order valence-electron chi connectivity index (χ1n) is 11.4. The highest BCUT2D eigenvalue weighted by Crippen LogP contribution is 2.47. The van der Waals surface area contributed by atoms with Crippen LogP contribution in [0.2, 0.25) is 0 Å². The quantitative estimate of drug-likeness (QED) is 0.573. The number of methoxy groups -OCH3 is 3. The average molecular weight is 505 g/mol. The Balaban J connectivity index is 1.61. The van der Waals surface area contributed by atoms with E-state index in [2.05, 4.69) is 5.32 Å². The standard InChI is InChI=1S/C26H27F3N2O5/c1-34-21-6-4-5-18(23(21)35-2)19-13-17-11-12-20(22(19)24(32)36-3)31(17)25(33)30-14-15-7-9-16(10-8-15)26(27,28)29/h4-10,17,20H,11-14H2,1-3H3,(H,30,33)/t17-,20+/m0/s1. The molecule has 7 nitrogen and oxygen atoms in total. The van der Waals surface area contributed by atoms with Crippen LogP contribution in [-0.4, -0.2) is 50.3 Å². The largest absolute Gasteiger partial charge is 0.493 e. The number of urea groups is 1. The SMILES string of the molecule is COC(=O)C1=C(c2cccc(OC)c2OC)C[C@@H]2CC[C@H]1N2C(=O)NCc1ccc(C(F)(F)F)cc1. The molecule has 2 aliphatic heterocycles. The second kappa shape index (κ2) is 10.1. The molecule has 0 spiro atoms. The van der Waals surface area contributed by atoms with Gasteiger partial charge in [-0.1, -0.05) is 24.3 Å². The molecule has 0 aliphatic carbocycles. The number of amides is 2. The molecule has 10 heteroatoms. The minimum Gasteiger partial charge on any atom is -0.493 e. The van der Waals surface area contributed by atoms with Crippen molar-refractivity contribution in [3.05, 3.63) is 64.7 Å². The van der Waals surface area contributed by atoms with Crippen molar-refractivity contribution in [1.29, 1.82) is 0 Å². The summed E-state index contributed by atoms with van der Waals surface area (Å²) in [5, 5.41) is 2.79. The molecular weight excluding hydrogens is 477 g/mol. The topological polar surface area (TPSA) is 77.1 Å². The van der Waals surface area contributed by atoms with Crippen LogP contribution >= 0.6 is 0 Å². The van der Waals surface area contributed by atoms with Gasteiger partial charge in [-0.25, -0.2) is 9.59 Å². The molecule has 1 saturated heterocycles. The zero-order valence-corrected chi connectivity index (χ0v) is 20.1. The summed E-state index contributed by atoms with van der Waals surface area (Å²) in [6.07, 6.45) is -2.74. The molecule has 2 amide bonds. The molecule has 2 atom stereocenters. The molecule has 4 rings (SSSR count). The predicted octanol–water partition coefficient (Wildman–Crippen LogP) is 4.80. The molecule has 1 N–H and O–H groups in total. The molecule has 2 aliphatic rings. The van der Waals surface area contributed by atoms with Gasteiger partial charge in [0.25, 0.3) is 0 Å². The van der Waals surface area contributed by atoms with Gasteiger partial charge >= 0.3 is 18.2 Å². The summed E-state index contributed by atoms with van der Waals surface area (Å²) in [5.74, 6) is 0.493. The molecule has 2 bridgehead atoms. The van der Waals surface area contributed by atoms with Crippen molar-refractivity contribution < 1.29 is 37.0 Å². The number of carbonyl (C=O) groups is 2. The number of benzene rings is 2. The molecule has 0 saturated carbocycles. The number of hydrogen-bond donors (Lipinski definition) is 1. The molecule has 36 heavy (non-hydrogen) atoms. The lowest BCUT2D eigenvalue weighted by molar-refractivity contribution is -0.138. The van der Waals surface area contributed by atoms with Crippen LogP contribution in [0.3, 0.4) is 0 Å². The summed E-state index contributed by atoms with van der Waals surface area (Å²) in [6.45, 7) is 0.0563. The van der Waals surface area contributed by atoms with Crippen LogP contribution in [0.5, 0.6) is 11.5 Å². The fourth-order valence-corrected chi connectivity index (χ4v) is 5.05. The van der Waals surface area contributed by atoms with E-state index in [1.165, 1.54) is 33.5 Å². The third-order valence-corrected chi connectivity index (χ3v) is 6.69. The Morgan fingerprint density at radius 1 is 1.03 bits per heavy atom. The number of halogens is 3. The van der Waals surface area contributed by atoms with E-state index in [1.807, 2.05) is 12.1 Å². The van der Waals surface area contributed by atoms with Gasteiger partial charge in [-0.15, -0.1) is 0 Å². The number of carbonyl (C=O) groups excluding carboxylic acids is 2. The Morgan fingerprint density at radius 2 is 1.75 bits per heavy atom. The highest BCUT2D eigenvalue weighted by atomic mass is 19.4. The van der Waals surface area contributed by atoms with E-state index in [1.54, 1.807) is 11.0 Å². The van der Waals surface area contributed by atoms with Crippen LogP contribution in [0.4, 0.5) is 18.0 Å². The number of para-hydroxylation sites is 1. The summed E-state index contributed by atoms with van der Waals surface area (Å²) in [5.41, 5.74) is 1.63. The van der Waals surface area contributed by atoms with Crippen LogP contribution in [-0.2, 0) is 22.3 Å². The summed E-state index contributed by atoms with van der Waals surface area (Å²) in [4.78, 5) is 27.8. The second-order valence-corrected chi connectivity index (χ2v) is 8.64. The molecule has 2 aromatic carbocycles. The molecule has 0 aromatic heterocycles. The fraction of sp³-hybridized carbons (Fsp3) is 0.385. The van der Waals surface area contributed by atoms with E-state index < -0.39 is 23.8 Å². The first-order valence-corrected chi connectivity index (χ1v) is 11.4. The molecule has 2 aromatic rings. The van der Waals surface area contributed by atoms with Crippen LogP contribution in [0.1, 0.15) is 36.0 Å². The van der Waals surface area contributed by atoms with E-state index in [0.717, 1.165) is 17.7 Å². The minimum absolute atomic E-state index is 0.0563. The number of hydrogen-bond acceptors (Lipinski definition) is 5. The molecule has 0 radical (unpaired) electrons. The van der Waals surface area contributed by atoms with E-state index in [0.29, 0.717) is 47.5 Å². The third kappa shape index (κ3) is 4.72. The first-order chi connectivity index (χ1) is 17.2. The fourth-order valence-electron chi connectivity index (χ4n) is 5.05. The van der Waals surface area contributed by atoms with Crippen molar-refractivity contribution in [3.63, 3.8) is 0 Å². The zero-order chi connectivity index (χ0) is 26.0. The predicted molar refractivity (Wildman–Crippen MR) is 125 cm³/mol. The first kappa shape index (κ1) is 25.4. The Kier molecular flexibility index (Phi) is 7.14. The Hall–Kier alpha value is -3.69. The summed E-state index contributed by atoms with van der Waals surface area (Å²) in [6, 6.07) is 9.00. The second-order valence-electron chi connectivity index (χ2n) is 8.64. The summed E-state index contributed by atoms with van der Waals surface area (Å²) in [7, 11) is 4.36. The Morgan fingerprint density at radius 3 is 2.36 bits per heavy atom. The normalized spacial score (nSPS) is 19.2. The van der Waals surface area contributed by atoms with E-state index in [4.69, 9.17) is 14.2 Å². The maximum atomic E-state index is 13.2. The van der Waals surface area contributed by atoms with Gasteiger partial charge in [0.05, 0.1) is 38.5 Å². The van der Waals surface area contributed by atoms with Crippen molar-refractivity contribution in [2.45, 2.75) is 44.1 Å². The van der Waals surface area contributed by atoms with Gasteiger partial charge in [0.15, 0.2) is 11.5 Å². The zero-order valence-electron chi connectivity index (χ0n) is 20.1. The van der Waals surface area contributed by atoms with Crippen LogP contribution in [0.15, 0.2) is 48.0 Å².